The molecule has 214 valence electrons. The van der Waals surface area contributed by atoms with Crippen molar-refractivity contribution in [2.24, 2.45) is 4.99 Å². The van der Waals surface area contributed by atoms with Crippen LogP contribution in [0.25, 0.3) is 0 Å². The Morgan fingerprint density at radius 1 is 0.667 bits per heavy atom. The number of carbonyl (C=O) groups is 2. The highest BCUT2D eigenvalue weighted by Gasteiger charge is 2.34. The second kappa shape index (κ2) is 15.6. The molecular weight excluding hydrogens is 526 g/mol. The van der Waals surface area contributed by atoms with E-state index in [4.69, 9.17) is 14.5 Å². The number of nitrogens with one attached hydrogen (secondary N) is 2. The molecule has 0 unspecified atom stereocenters. The molecule has 0 spiro atoms. The Bertz CT molecular complexity index is 1340. The Labute approximate surface area is 246 Å². The molecule has 4 rings (SSSR count). The number of alkyl carbamates (subject to hydrolysis) is 2. The summed E-state index contributed by atoms with van der Waals surface area (Å²) in [5.74, 6) is -0.0686. The van der Waals surface area contributed by atoms with Gasteiger partial charge in [0.15, 0.2) is 0 Å². The van der Waals surface area contributed by atoms with Gasteiger partial charge in [0.2, 0.25) is 5.96 Å². The van der Waals surface area contributed by atoms with Gasteiger partial charge >= 0.3 is 12.2 Å². The molecule has 0 saturated heterocycles. The monoisotopic (exact) mass is 561 g/mol. The van der Waals surface area contributed by atoms with Crippen molar-refractivity contribution in [3.8, 4) is 0 Å². The van der Waals surface area contributed by atoms with Crippen molar-refractivity contribution in [1.82, 2.24) is 10.6 Å². The zero-order valence-electron chi connectivity index (χ0n) is 23.4. The summed E-state index contributed by atoms with van der Waals surface area (Å²) in [6, 6.07) is 38.8. The highest BCUT2D eigenvalue weighted by molar-refractivity contribution is 6.01. The van der Waals surface area contributed by atoms with Gasteiger partial charge in [-0.2, -0.15) is 0 Å². The third-order valence-electron chi connectivity index (χ3n) is 6.80. The van der Waals surface area contributed by atoms with E-state index < -0.39 is 17.6 Å². The second-order valence-electron chi connectivity index (χ2n) is 9.68. The van der Waals surface area contributed by atoms with Crippen LogP contribution in [0.4, 0.5) is 9.59 Å². The molecule has 2 N–H and O–H groups in total. The molecule has 0 bridgehead atoms. The Balaban J connectivity index is 1.60. The number of aliphatic imine (C=N–C) groups is 1. The van der Waals surface area contributed by atoms with Crippen molar-refractivity contribution in [3.63, 3.8) is 0 Å². The van der Waals surface area contributed by atoms with E-state index in [9.17, 15) is 9.59 Å². The van der Waals surface area contributed by atoms with E-state index in [0.29, 0.717) is 6.42 Å². The lowest BCUT2D eigenvalue weighted by Crippen LogP contribution is -2.45. The first-order valence-corrected chi connectivity index (χ1v) is 13.8. The van der Waals surface area contributed by atoms with Gasteiger partial charge in [0.05, 0.1) is 6.54 Å². The van der Waals surface area contributed by atoms with Gasteiger partial charge in [-0.15, -0.1) is 6.58 Å². The lowest BCUT2D eigenvalue weighted by Gasteiger charge is -2.34. The Kier molecular flexibility index (Phi) is 11.1. The largest absolute Gasteiger partial charge is 0.444 e. The lowest BCUT2D eigenvalue weighted by molar-refractivity contribution is 0.141. The van der Waals surface area contributed by atoms with Crippen molar-refractivity contribution < 1.29 is 19.1 Å². The standard InChI is InChI=1S/C35H35N3O4/c1-2-3-24-35(30-20-12-6-13-21-30,31-22-14-7-15-23-31)27-36-32(37-33(39)41-25-28-16-8-4-9-17-28)38-34(40)42-26-29-18-10-5-11-19-29/h2,4-23H,1,3,24-27H2,(H2,36,37,38,39,40). The fourth-order valence-electron chi connectivity index (χ4n) is 4.62. The lowest BCUT2D eigenvalue weighted by atomic mass is 9.71. The summed E-state index contributed by atoms with van der Waals surface area (Å²) < 4.78 is 10.8. The summed E-state index contributed by atoms with van der Waals surface area (Å²) in [7, 11) is 0. The van der Waals surface area contributed by atoms with Crippen LogP contribution >= 0.6 is 0 Å². The van der Waals surface area contributed by atoms with Crippen LogP contribution in [-0.2, 0) is 28.1 Å². The maximum Gasteiger partial charge on any atom is 0.414 e. The number of nitrogens with zero attached hydrogens (tertiary/aromatic N) is 1. The minimum Gasteiger partial charge on any atom is -0.444 e. The number of rotatable bonds is 11. The summed E-state index contributed by atoms with van der Waals surface area (Å²) in [6.45, 7) is 4.29. The van der Waals surface area contributed by atoms with E-state index >= 15 is 0 Å². The number of hydrogen-bond acceptors (Lipinski definition) is 5. The molecule has 7 nitrogen and oxygen atoms in total. The maximum absolute atomic E-state index is 12.8. The molecule has 0 radical (unpaired) electrons. The third kappa shape index (κ3) is 8.66. The highest BCUT2D eigenvalue weighted by atomic mass is 16.6. The van der Waals surface area contributed by atoms with Gasteiger partial charge in [-0.1, -0.05) is 127 Å². The van der Waals surface area contributed by atoms with Crippen molar-refractivity contribution >= 4 is 18.1 Å². The molecule has 0 heterocycles. The molecule has 0 atom stereocenters. The molecular formula is C35H35N3O4. The average molecular weight is 562 g/mol. The van der Waals surface area contributed by atoms with Crippen molar-refractivity contribution in [2.75, 3.05) is 6.54 Å². The smallest absolute Gasteiger partial charge is 0.414 e. The zero-order chi connectivity index (χ0) is 29.5. The maximum atomic E-state index is 12.8. The summed E-state index contributed by atoms with van der Waals surface area (Å²) >= 11 is 0. The zero-order valence-corrected chi connectivity index (χ0v) is 23.4. The fraction of sp³-hybridized carbons (Fsp3) is 0.171. The molecule has 0 fully saturated rings. The van der Waals surface area contributed by atoms with Gasteiger partial charge < -0.3 is 9.47 Å². The predicted molar refractivity (Wildman–Crippen MR) is 165 cm³/mol. The van der Waals surface area contributed by atoms with Crippen molar-refractivity contribution in [3.05, 3.63) is 156 Å². The van der Waals surface area contributed by atoms with Gasteiger partial charge in [0.25, 0.3) is 0 Å². The molecule has 42 heavy (non-hydrogen) atoms. The molecule has 0 aliphatic rings. The molecule has 4 aromatic carbocycles. The van der Waals surface area contributed by atoms with Crippen molar-refractivity contribution in [1.29, 1.82) is 0 Å². The molecule has 4 aromatic rings. The van der Waals surface area contributed by atoms with Crippen molar-refractivity contribution in [2.45, 2.75) is 31.5 Å². The molecule has 0 aromatic heterocycles. The molecule has 0 aliphatic carbocycles. The van der Waals surface area contributed by atoms with Crippen LogP contribution < -0.4 is 10.6 Å². The number of benzene rings is 4. The van der Waals surface area contributed by atoms with Crippen LogP contribution in [0.3, 0.4) is 0 Å². The van der Waals surface area contributed by atoms with Crippen LogP contribution in [0.2, 0.25) is 0 Å². The summed E-state index contributed by atoms with van der Waals surface area (Å²) in [5, 5.41) is 5.21. The Morgan fingerprint density at radius 2 is 1.07 bits per heavy atom. The van der Waals surface area contributed by atoms with Gasteiger partial charge in [-0.25, -0.2) is 9.59 Å². The first-order chi connectivity index (χ1) is 20.6. The molecule has 7 heteroatoms. The van der Waals surface area contributed by atoms with Crippen LogP contribution in [0.5, 0.6) is 0 Å². The predicted octanol–water partition coefficient (Wildman–Crippen LogP) is 7.15. The van der Waals surface area contributed by atoms with E-state index in [1.165, 1.54) is 0 Å². The van der Waals surface area contributed by atoms with E-state index in [1.54, 1.807) is 0 Å². The third-order valence-corrected chi connectivity index (χ3v) is 6.80. The van der Waals surface area contributed by atoms with Crippen LogP contribution in [0, 0.1) is 0 Å². The highest BCUT2D eigenvalue weighted by Crippen LogP contribution is 2.37. The summed E-state index contributed by atoms with van der Waals surface area (Å²) in [4.78, 5) is 30.4. The first kappa shape index (κ1) is 29.8. The van der Waals surface area contributed by atoms with E-state index in [2.05, 4.69) is 41.5 Å². The normalized spacial score (nSPS) is 10.7. The minimum absolute atomic E-state index is 0.0652. The van der Waals surface area contributed by atoms with Gasteiger partial charge in [-0.05, 0) is 35.1 Å². The summed E-state index contributed by atoms with van der Waals surface area (Å²) in [6.07, 6.45) is 1.81. The minimum atomic E-state index is -0.753. The summed E-state index contributed by atoms with van der Waals surface area (Å²) in [5.41, 5.74) is 3.21. The molecule has 0 aliphatic heterocycles. The number of amides is 2. The Morgan fingerprint density at radius 3 is 1.48 bits per heavy atom. The molecule has 0 saturated carbocycles. The Hall–Kier alpha value is -5.17. The fourth-order valence-corrected chi connectivity index (χ4v) is 4.62. The number of allylic oxidation sites excluding steroid dienone is 1. The average Bonchev–Trinajstić information content (AvgIpc) is 3.05. The van der Waals surface area contributed by atoms with Gasteiger partial charge in [0.1, 0.15) is 13.2 Å². The second-order valence-corrected chi connectivity index (χ2v) is 9.68. The first-order valence-electron chi connectivity index (χ1n) is 13.8. The number of guanidine groups is 1. The van der Waals surface area contributed by atoms with Gasteiger partial charge in [-0.3, -0.25) is 15.6 Å². The SMILES string of the molecule is C=CCCC(CN=C(NC(=O)OCc1ccccc1)NC(=O)OCc1ccccc1)(c1ccccc1)c1ccccc1. The topological polar surface area (TPSA) is 89.0 Å². The van der Waals surface area contributed by atoms with E-state index in [1.807, 2.05) is 103 Å². The van der Waals surface area contributed by atoms with Gasteiger partial charge in [0, 0.05) is 5.41 Å². The van der Waals surface area contributed by atoms with Crippen LogP contribution in [-0.4, -0.2) is 24.7 Å². The molecule has 2 amide bonds. The van der Waals surface area contributed by atoms with E-state index in [-0.39, 0.29) is 25.7 Å². The number of hydrogen-bond donors (Lipinski definition) is 2. The van der Waals surface area contributed by atoms with E-state index in [0.717, 1.165) is 28.7 Å². The number of carbonyl (C=O) groups excluding carboxylic acids is 2. The van der Waals surface area contributed by atoms with Crippen LogP contribution in [0.1, 0.15) is 35.1 Å². The quantitative estimate of drug-likeness (QED) is 0.116. The van der Waals surface area contributed by atoms with Crippen LogP contribution in [0.15, 0.2) is 139 Å². The number of ether oxygens (including phenoxy) is 2.